The molecule has 0 aliphatic rings. The summed E-state index contributed by atoms with van der Waals surface area (Å²) in [6, 6.07) is 0. The van der Waals surface area contributed by atoms with Crippen LogP contribution in [0.25, 0.3) is 0 Å². The molecule has 8 nitrogen and oxygen atoms in total. The molecule has 0 fully saturated rings. The van der Waals surface area contributed by atoms with E-state index < -0.39 is 16.4 Å². The first-order valence-corrected chi connectivity index (χ1v) is 4.29. The van der Waals surface area contributed by atoms with Gasteiger partial charge < -0.3 is 25.2 Å². The topological polar surface area (TPSA) is 139 Å². The quantitative estimate of drug-likeness (QED) is 0.166. The van der Waals surface area contributed by atoms with Crippen molar-refractivity contribution in [2.24, 2.45) is 0 Å². The maximum atomic E-state index is 9.22. The molecule has 0 unspecified atom stereocenters. The molecule has 0 atom stereocenters. The Bertz CT molecular complexity index is 210. The van der Waals surface area contributed by atoms with Gasteiger partial charge in [0.25, 0.3) is 5.97 Å². The third-order valence-electron chi connectivity index (χ3n) is 0.618. The fourth-order valence-electron chi connectivity index (χ4n) is 0.237. The van der Waals surface area contributed by atoms with Crippen LogP contribution >= 0.6 is 0 Å². The predicted octanol–water partition coefficient (Wildman–Crippen LogP) is -6.07. The molecule has 10 heteroatoms. The molecule has 14 heavy (non-hydrogen) atoms. The molecule has 0 heterocycles. The van der Waals surface area contributed by atoms with Crippen LogP contribution in [0.1, 0.15) is 0 Å². The zero-order chi connectivity index (χ0) is 11.1. The van der Waals surface area contributed by atoms with Crippen LogP contribution in [0, 0.1) is 0 Å². The minimum atomic E-state index is -4.41. The van der Waals surface area contributed by atoms with Gasteiger partial charge in [0, 0.05) is 0 Å². The summed E-state index contributed by atoms with van der Waals surface area (Å²) in [4.78, 5) is 0. The van der Waals surface area contributed by atoms with E-state index in [-0.39, 0.29) is 36.1 Å². The third kappa shape index (κ3) is 29.3. The van der Waals surface area contributed by atoms with Gasteiger partial charge in [-0.25, -0.2) is 8.42 Å². The number of likely N-dealkylation sites (N-methyl/N-ethyl adjacent to an activating group) is 1. The monoisotopic (exact) mass is 241 g/mol. The Balaban J connectivity index is -0.000000163. The Morgan fingerprint density at radius 1 is 1.43 bits per heavy atom. The zero-order valence-corrected chi connectivity index (χ0v) is 10.9. The molecule has 0 aromatic carbocycles. The molecule has 4 N–H and O–H groups in total. The summed E-state index contributed by atoms with van der Waals surface area (Å²) >= 11 is 0. The molecule has 0 radical (unpaired) electrons. The maximum absolute atomic E-state index is 9.22. The summed E-state index contributed by atoms with van der Waals surface area (Å²) in [5.41, 5.74) is 0. The van der Waals surface area contributed by atoms with Crippen LogP contribution in [-0.2, 0) is 14.6 Å². The van der Waals surface area contributed by atoms with Crippen molar-refractivity contribution in [1.29, 1.82) is 0 Å². The van der Waals surface area contributed by atoms with Gasteiger partial charge in [0.05, 0.1) is 13.7 Å². The van der Waals surface area contributed by atoms with E-state index in [9.17, 15) is 13.0 Å². The number of aliphatic hydroxyl groups is 3. The van der Waals surface area contributed by atoms with E-state index in [1.165, 1.54) is 7.05 Å². The fourth-order valence-corrected chi connectivity index (χ4v) is 0.237. The molecule has 0 rings (SSSR count). The van der Waals surface area contributed by atoms with Crippen molar-refractivity contribution in [2.75, 3.05) is 20.7 Å². The first kappa shape index (κ1) is 20.2. The van der Waals surface area contributed by atoms with Crippen molar-refractivity contribution < 1.29 is 62.0 Å². The molecule has 82 valence electrons. The summed E-state index contributed by atoms with van der Waals surface area (Å²) in [6.45, 7) is -0.243. The largest absolute Gasteiger partial charge is 1.00 e. The molecule has 0 aromatic rings. The summed E-state index contributed by atoms with van der Waals surface area (Å²) in [6.07, 6.45) is 0. The van der Waals surface area contributed by atoms with E-state index in [0.717, 1.165) is 7.11 Å². The van der Waals surface area contributed by atoms with Gasteiger partial charge in [0.1, 0.15) is 0 Å². The van der Waals surface area contributed by atoms with Crippen molar-refractivity contribution >= 4 is 10.4 Å². The van der Waals surface area contributed by atoms with Crippen molar-refractivity contribution in [3.63, 3.8) is 0 Å². The van der Waals surface area contributed by atoms with Crippen molar-refractivity contribution in [1.82, 2.24) is 5.32 Å². The van der Waals surface area contributed by atoms with Crippen LogP contribution in [0.3, 0.4) is 0 Å². The second kappa shape index (κ2) is 8.97. The first-order chi connectivity index (χ1) is 5.62. The van der Waals surface area contributed by atoms with Crippen LogP contribution in [0.5, 0.6) is 0 Å². The first-order valence-electron chi connectivity index (χ1n) is 2.95. The Morgan fingerprint density at radius 2 is 1.71 bits per heavy atom. The minimum Gasteiger partial charge on any atom is -0.726 e. The summed E-state index contributed by atoms with van der Waals surface area (Å²) in [5.74, 6) is -2.56. The van der Waals surface area contributed by atoms with Crippen molar-refractivity contribution in [3.05, 3.63) is 0 Å². The number of hydrogen-bond acceptors (Lipinski definition) is 8. The average molecular weight is 241 g/mol. The van der Waals surface area contributed by atoms with Gasteiger partial charge in [0.15, 0.2) is 0 Å². The van der Waals surface area contributed by atoms with Crippen LogP contribution < -0.4 is 34.9 Å². The van der Waals surface area contributed by atoms with E-state index >= 15 is 0 Å². The molecule has 0 aliphatic heterocycles. The van der Waals surface area contributed by atoms with Crippen molar-refractivity contribution in [2.45, 2.75) is 5.97 Å². The Kier molecular flexibility index (Phi) is 12.9. The van der Waals surface area contributed by atoms with E-state index in [0.29, 0.717) is 0 Å². The van der Waals surface area contributed by atoms with Gasteiger partial charge in [0.2, 0.25) is 10.4 Å². The van der Waals surface area contributed by atoms with Gasteiger partial charge >= 0.3 is 29.6 Å². The van der Waals surface area contributed by atoms with Crippen LogP contribution in [0.15, 0.2) is 0 Å². The molecule has 0 spiro atoms. The molecular formula is C4H12NNaO7S. The van der Waals surface area contributed by atoms with E-state index in [4.69, 9.17) is 15.3 Å². The van der Waals surface area contributed by atoms with Gasteiger partial charge in [-0.2, -0.15) is 0 Å². The normalized spacial score (nSPS) is 11.0. The average Bonchev–Trinajstić information content (AvgIpc) is 1.84. The van der Waals surface area contributed by atoms with Crippen LogP contribution in [0.4, 0.5) is 0 Å². The second-order valence-corrected chi connectivity index (χ2v) is 3.03. The molecule has 0 aromatic heterocycles. The Morgan fingerprint density at radius 3 is 1.71 bits per heavy atom. The van der Waals surface area contributed by atoms with Gasteiger partial charge in [-0.05, 0) is 7.05 Å². The Hall–Kier alpha value is 0.710. The number of nitrogens with one attached hydrogen (secondary N) is 1. The fraction of sp³-hybridized carbons (Fsp3) is 1.00. The van der Waals surface area contributed by atoms with E-state index in [2.05, 4.69) is 9.50 Å². The standard InChI is InChI=1S/C3H9NO3.CH4O4S.Na/c1-4-2-3(5,6)7;1-5-6(2,3)4;/h4-7H,2H2,1H3;1H3,(H,2,3,4);/q;;+1/p-1. The smallest absolute Gasteiger partial charge is 0.726 e. The van der Waals surface area contributed by atoms with Crippen LogP contribution in [-0.4, -0.2) is 55.0 Å². The zero-order valence-electron chi connectivity index (χ0n) is 8.09. The summed E-state index contributed by atoms with van der Waals surface area (Å²) in [7, 11) is -2.11. The SMILES string of the molecule is CNCC(O)(O)O.COS(=O)(=O)[O-].[Na+]. The summed E-state index contributed by atoms with van der Waals surface area (Å²) in [5, 5.41) is 26.6. The number of hydrogen-bond donors (Lipinski definition) is 4. The third-order valence-corrected chi connectivity index (χ3v) is 1.03. The van der Waals surface area contributed by atoms with Crippen LogP contribution in [0.2, 0.25) is 0 Å². The maximum Gasteiger partial charge on any atom is 1.00 e. The predicted molar refractivity (Wildman–Crippen MR) is 40.0 cm³/mol. The van der Waals surface area contributed by atoms with Gasteiger partial charge in [-0.15, -0.1) is 0 Å². The summed E-state index contributed by atoms with van der Waals surface area (Å²) < 4.78 is 31.0. The molecule has 0 bridgehead atoms. The van der Waals surface area contributed by atoms with Gasteiger partial charge in [-0.1, -0.05) is 0 Å². The van der Waals surface area contributed by atoms with Gasteiger partial charge in [-0.3, -0.25) is 4.18 Å². The minimum absolute atomic E-state index is 0. The molecule has 0 saturated carbocycles. The Labute approximate surface area is 104 Å². The number of rotatable bonds is 3. The second-order valence-electron chi connectivity index (χ2n) is 1.88. The molecule has 0 aliphatic carbocycles. The molecule has 0 amide bonds. The van der Waals surface area contributed by atoms with E-state index in [1.54, 1.807) is 0 Å². The molecule has 0 saturated heterocycles. The molecular weight excluding hydrogens is 229 g/mol. The van der Waals surface area contributed by atoms with E-state index in [1.807, 2.05) is 0 Å². The van der Waals surface area contributed by atoms with Crippen molar-refractivity contribution in [3.8, 4) is 0 Å².